The summed E-state index contributed by atoms with van der Waals surface area (Å²) in [6, 6.07) is 1.86. The van der Waals surface area contributed by atoms with Crippen LogP contribution in [0, 0.1) is 6.92 Å². The maximum atomic E-state index is 12.5. The first kappa shape index (κ1) is 14.8. The van der Waals surface area contributed by atoms with Crippen molar-refractivity contribution in [2.24, 2.45) is 7.05 Å². The molecule has 2 heterocycles. The van der Waals surface area contributed by atoms with Gasteiger partial charge in [0.2, 0.25) is 0 Å². The van der Waals surface area contributed by atoms with Gasteiger partial charge < -0.3 is 0 Å². The summed E-state index contributed by atoms with van der Waals surface area (Å²) in [6.07, 6.45) is 1.06. The summed E-state index contributed by atoms with van der Waals surface area (Å²) in [7, 11) is 1.80. The molecule has 2 aromatic rings. The van der Waals surface area contributed by atoms with Crippen molar-refractivity contribution in [1.82, 2.24) is 19.6 Å². The summed E-state index contributed by atoms with van der Waals surface area (Å²) in [5.41, 5.74) is 3.06. The zero-order chi connectivity index (χ0) is 14.9. The van der Waals surface area contributed by atoms with Crippen LogP contribution in [0.2, 0.25) is 5.02 Å². The molecule has 0 fully saturated rings. The second-order valence-electron chi connectivity index (χ2n) is 4.76. The van der Waals surface area contributed by atoms with Crippen molar-refractivity contribution in [2.75, 3.05) is 0 Å². The number of hydrogen-bond acceptors (Lipinski definition) is 3. The van der Waals surface area contributed by atoms with E-state index in [9.17, 15) is 4.79 Å². The molecule has 2 aromatic heterocycles. The van der Waals surface area contributed by atoms with Gasteiger partial charge in [-0.05, 0) is 26.3 Å². The SMILES string of the molecule is CCc1cc(C(=O)Cc2c(Cl)c(C)nn2C)n(CC)n1. The van der Waals surface area contributed by atoms with Crippen LogP contribution in [0.3, 0.4) is 0 Å². The molecular weight excluding hydrogens is 276 g/mol. The van der Waals surface area contributed by atoms with Crippen LogP contribution >= 0.6 is 11.6 Å². The number of aromatic nitrogens is 4. The van der Waals surface area contributed by atoms with Gasteiger partial charge in [-0.25, -0.2) is 0 Å². The molecule has 20 heavy (non-hydrogen) atoms. The van der Waals surface area contributed by atoms with Gasteiger partial charge >= 0.3 is 0 Å². The molecule has 0 saturated carbocycles. The van der Waals surface area contributed by atoms with Crippen molar-refractivity contribution >= 4 is 17.4 Å². The van der Waals surface area contributed by atoms with E-state index in [2.05, 4.69) is 10.2 Å². The predicted octanol–water partition coefficient (Wildman–Crippen LogP) is 2.59. The predicted molar refractivity (Wildman–Crippen MR) is 78.3 cm³/mol. The molecule has 0 spiro atoms. The quantitative estimate of drug-likeness (QED) is 0.797. The second kappa shape index (κ2) is 5.79. The highest BCUT2D eigenvalue weighted by atomic mass is 35.5. The number of carbonyl (C=O) groups is 1. The lowest BCUT2D eigenvalue weighted by atomic mass is 10.1. The van der Waals surface area contributed by atoms with Gasteiger partial charge in [0.1, 0.15) is 5.69 Å². The van der Waals surface area contributed by atoms with Crippen molar-refractivity contribution in [3.63, 3.8) is 0 Å². The summed E-state index contributed by atoms with van der Waals surface area (Å²) in [5.74, 6) is 0.0175. The Labute approximate surface area is 123 Å². The summed E-state index contributed by atoms with van der Waals surface area (Å²) < 4.78 is 3.42. The number of ketones is 1. The van der Waals surface area contributed by atoms with Crippen molar-refractivity contribution < 1.29 is 4.79 Å². The number of carbonyl (C=O) groups excluding carboxylic acids is 1. The smallest absolute Gasteiger partial charge is 0.186 e. The molecule has 0 unspecified atom stereocenters. The summed E-state index contributed by atoms with van der Waals surface area (Å²) in [6.45, 7) is 6.52. The molecule has 0 aliphatic carbocycles. The Balaban J connectivity index is 2.30. The van der Waals surface area contributed by atoms with E-state index in [-0.39, 0.29) is 12.2 Å². The molecule has 0 atom stereocenters. The molecule has 108 valence electrons. The zero-order valence-electron chi connectivity index (χ0n) is 12.3. The molecule has 5 nitrogen and oxygen atoms in total. The minimum atomic E-state index is 0.0175. The van der Waals surface area contributed by atoms with E-state index < -0.39 is 0 Å². The Morgan fingerprint density at radius 3 is 2.55 bits per heavy atom. The topological polar surface area (TPSA) is 52.7 Å². The molecule has 2 rings (SSSR count). The van der Waals surface area contributed by atoms with Gasteiger partial charge in [0.05, 0.1) is 28.5 Å². The first-order valence-electron chi connectivity index (χ1n) is 6.75. The van der Waals surface area contributed by atoms with E-state index in [1.165, 1.54) is 0 Å². The first-order valence-corrected chi connectivity index (χ1v) is 7.13. The van der Waals surface area contributed by atoms with Gasteiger partial charge in [-0.1, -0.05) is 18.5 Å². The Morgan fingerprint density at radius 2 is 2.05 bits per heavy atom. The van der Waals surface area contributed by atoms with Gasteiger partial charge in [-0.2, -0.15) is 10.2 Å². The Hall–Kier alpha value is -1.62. The fraction of sp³-hybridized carbons (Fsp3) is 0.500. The van der Waals surface area contributed by atoms with Crippen LogP contribution in [-0.4, -0.2) is 25.3 Å². The average Bonchev–Trinajstić information content (AvgIpc) is 2.95. The maximum Gasteiger partial charge on any atom is 0.186 e. The van der Waals surface area contributed by atoms with E-state index in [1.54, 1.807) is 16.4 Å². The molecule has 0 amide bonds. The van der Waals surface area contributed by atoms with Gasteiger partial charge in [0, 0.05) is 13.6 Å². The van der Waals surface area contributed by atoms with Crippen LogP contribution in [0.4, 0.5) is 0 Å². The van der Waals surface area contributed by atoms with E-state index in [1.807, 2.05) is 26.8 Å². The van der Waals surface area contributed by atoms with Gasteiger partial charge in [-0.15, -0.1) is 0 Å². The van der Waals surface area contributed by atoms with Crippen LogP contribution in [-0.2, 0) is 26.4 Å². The highest BCUT2D eigenvalue weighted by Gasteiger charge is 2.19. The summed E-state index contributed by atoms with van der Waals surface area (Å²) in [4.78, 5) is 12.5. The third kappa shape index (κ3) is 2.63. The lowest BCUT2D eigenvalue weighted by Gasteiger charge is -2.04. The third-order valence-electron chi connectivity index (χ3n) is 3.37. The number of hydrogen-bond donors (Lipinski definition) is 0. The highest BCUT2D eigenvalue weighted by Crippen LogP contribution is 2.21. The molecular formula is C14H19ClN4O. The minimum Gasteiger partial charge on any atom is -0.292 e. The normalized spacial score (nSPS) is 11.1. The second-order valence-corrected chi connectivity index (χ2v) is 5.14. The molecule has 0 aromatic carbocycles. The van der Waals surface area contributed by atoms with Crippen LogP contribution in [0.5, 0.6) is 0 Å². The van der Waals surface area contributed by atoms with E-state index in [0.29, 0.717) is 17.3 Å². The molecule has 0 aliphatic heterocycles. The fourth-order valence-corrected chi connectivity index (χ4v) is 2.45. The lowest BCUT2D eigenvalue weighted by Crippen LogP contribution is -2.13. The minimum absolute atomic E-state index is 0.0175. The van der Waals surface area contributed by atoms with Crippen molar-refractivity contribution in [3.05, 3.63) is 33.9 Å². The molecule has 0 bridgehead atoms. The maximum absolute atomic E-state index is 12.5. The van der Waals surface area contributed by atoms with E-state index in [4.69, 9.17) is 11.6 Å². The van der Waals surface area contributed by atoms with Crippen LogP contribution < -0.4 is 0 Å². The van der Waals surface area contributed by atoms with Crippen LogP contribution in [0.25, 0.3) is 0 Å². The Bertz CT molecular complexity index is 642. The molecule has 0 radical (unpaired) electrons. The van der Waals surface area contributed by atoms with Crippen molar-refractivity contribution in [1.29, 1.82) is 0 Å². The molecule has 0 aliphatic rings. The summed E-state index contributed by atoms with van der Waals surface area (Å²) >= 11 is 6.19. The number of rotatable bonds is 5. The average molecular weight is 295 g/mol. The third-order valence-corrected chi connectivity index (χ3v) is 3.86. The van der Waals surface area contributed by atoms with Gasteiger partial charge in [0.15, 0.2) is 5.78 Å². The fourth-order valence-electron chi connectivity index (χ4n) is 2.22. The Kier molecular flexibility index (Phi) is 4.28. The molecule has 0 saturated heterocycles. The van der Waals surface area contributed by atoms with Gasteiger partial charge in [-0.3, -0.25) is 14.2 Å². The monoisotopic (exact) mass is 294 g/mol. The van der Waals surface area contributed by atoms with Crippen LogP contribution in [0.15, 0.2) is 6.07 Å². The Morgan fingerprint density at radius 1 is 1.35 bits per heavy atom. The summed E-state index contributed by atoms with van der Waals surface area (Å²) in [5, 5.41) is 9.20. The number of nitrogens with zero attached hydrogens (tertiary/aromatic N) is 4. The van der Waals surface area contributed by atoms with E-state index >= 15 is 0 Å². The molecule has 0 N–H and O–H groups in total. The largest absolute Gasteiger partial charge is 0.292 e. The first-order chi connectivity index (χ1) is 9.47. The molecule has 6 heteroatoms. The number of Topliss-reactive ketones (excluding diaryl/α,β-unsaturated/α-hetero) is 1. The van der Waals surface area contributed by atoms with E-state index in [0.717, 1.165) is 23.5 Å². The zero-order valence-corrected chi connectivity index (χ0v) is 13.0. The van der Waals surface area contributed by atoms with Crippen molar-refractivity contribution in [3.8, 4) is 0 Å². The lowest BCUT2D eigenvalue weighted by molar-refractivity contribution is 0.0980. The van der Waals surface area contributed by atoms with Crippen molar-refractivity contribution in [2.45, 2.75) is 40.2 Å². The standard InChI is InChI=1S/C14H19ClN4O/c1-5-10-7-11(19(6-2)17-10)13(20)8-12-14(15)9(3)16-18(12)4/h7H,5-6,8H2,1-4H3. The highest BCUT2D eigenvalue weighted by molar-refractivity contribution is 6.32. The number of aryl methyl sites for hydroxylation is 4. The van der Waals surface area contributed by atoms with Gasteiger partial charge in [0.25, 0.3) is 0 Å². The van der Waals surface area contributed by atoms with Crippen LogP contribution in [0.1, 0.15) is 41.4 Å². The number of halogens is 1.